The van der Waals surface area contributed by atoms with E-state index in [0.717, 1.165) is 27.3 Å². The Kier molecular flexibility index (Phi) is 4.47. The fourth-order valence-corrected chi connectivity index (χ4v) is 4.08. The van der Waals surface area contributed by atoms with Gasteiger partial charge in [0.05, 0.1) is 39.8 Å². The molecule has 1 atom stereocenters. The Morgan fingerprint density at radius 1 is 1.35 bits per heavy atom. The number of amides is 1. The number of rotatable bonds is 3. The number of carbonyl (C=O) groups excluding carboxylic acids is 1. The van der Waals surface area contributed by atoms with Crippen molar-refractivity contribution in [3.05, 3.63) is 46.2 Å². The van der Waals surface area contributed by atoms with Crippen molar-refractivity contribution < 1.29 is 15.0 Å². The molecule has 1 aliphatic rings. The Hall–Kier alpha value is -2.29. The molecule has 3 aromatic rings. The lowest BCUT2D eigenvalue weighted by atomic mass is 10.1. The Labute approximate surface area is 154 Å². The van der Waals surface area contributed by atoms with Crippen molar-refractivity contribution in [3.63, 3.8) is 0 Å². The highest BCUT2D eigenvalue weighted by Gasteiger charge is 2.23. The van der Waals surface area contributed by atoms with E-state index in [1.165, 1.54) is 0 Å². The summed E-state index contributed by atoms with van der Waals surface area (Å²) in [5.74, 6) is -0.0311. The molecule has 4 rings (SSSR count). The third-order valence-electron chi connectivity index (χ3n) is 4.58. The first-order chi connectivity index (χ1) is 12.5. The monoisotopic (exact) mass is 372 g/mol. The fraction of sp³-hybridized carbons (Fsp3) is 0.389. The van der Waals surface area contributed by atoms with Gasteiger partial charge < -0.3 is 15.1 Å². The highest BCUT2D eigenvalue weighted by Crippen LogP contribution is 2.24. The second-order valence-corrected chi connectivity index (χ2v) is 7.71. The molecular formula is C18H20N4O3S. The number of aryl methyl sites for hydroxylation is 2. The summed E-state index contributed by atoms with van der Waals surface area (Å²) >= 11 is 1.62. The van der Waals surface area contributed by atoms with Crippen LogP contribution in [0.25, 0.3) is 10.2 Å². The Morgan fingerprint density at radius 3 is 3.00 bits per heavy atom. The molecule has 0 bridgehead atoms. The van der Waals surface area contributed by atoms with Crippen LogP contribution in [0.15, 0.2) is 24.3 Å². The molecule has 1 aliphatic heterocycles. The van der Waals surface area contributed by atoms with Crippen LogP contribution in [0.1, 0.15) is 39.3 Å². The summed E-state index contributed by atoms with van der Waals surface area (Å²) in [6, 6.07) is 7.42. The maximum atomic E-state index is 13.0. The van der Waals surface area contributed by atoms with Gasteiger partial charge in [-0.1, -0.05) is 0 Å². The Morgan fingerprint density at radius 2 is 2.19 bits per heavy atom. The van der Waals surface area contributed by atoms with Gasteiger partial charge >= 0.3 is 0 Å². The molecule has 1 amide bonds. The molecule has 136 valence electrons. The van der Waals surface area contributed by atoms with E-state index in [-0.39, 0.29) is 12.5 Å². The number of nitrogens with zero attached hydrogens (tertiary/aromatic N) is 4. The topological polar surface area (TPSA) is 91.5 Å². The summed E-state index contributed by atoms with van der Waals surface area (Å²) in [5.41, 5.74) is 2.79. The molecule has 0 saturated carbocycles. The molecule has 0 unspecified atom stereocenters. The summed E-state index contributed by atoms with van der Waals surface area (Å²) in [6.45, 7) is 3.35. The van der Waals surface area contributed by atoms with Crippen molar-refractivity contribution in [2.24, 2.45) is 0 Å². The normalized spacial score (nSPS) is 15.7. The van der Waals surface area contributed by atoms with Gasteiger partial charge in [-0.3, -0.25) is 9.48 Å². The highest BCUT2D eigenvalue weighted by atomic mass is 32.1. The van der Waals surface area contributed by atoms with Crippen LogP contribution in [0.4, 0.5) is 0 Å². The van der Waals surface area contributed by atoms with Gasteiger partial charge in [0.1, 0.15) is 6.10 Å². The number of hydrogen-bond donors (Lipinski definition) is 2. The molecule has 0 saturated heterocycles. The molecule has 2 N–H and O–H groups in total. The zero-order chi connectivity index (χ0) is 18.3. The molecule has 0 radical (unpaired) electrons. The van der Waals surface area contributed by atoms with E-state index in [1.54, 1.807) is 22.3 Å². The molecule has 0 fully saturated rings. The summed E-state index contributed by atoms with van der Waals surface area (Å²) in [4.78, 5) is 19.3. The largest absolute Gasteiger partial charge is 0.393 e. The van der Waals surface area contributed by atoms with E-state index in [4.69, 9.17) is 5.11 Å². The molecule has 3 heterocycles. The van der Waals surface area contributed by atoms with Gasteiger partial charge in [-0.25, -0.2) is 4.98 Å². The van der Waals surface area contributed by atoms with Gasteiger partial charge in [-0.05, 0) is 37.6 Å². The number of aliphatic hydroxyl groups is 2. The molecule has 0 aliphatic carbocycles. The van der Waals surface area contributed by atoms with Gasteiger partial charge in [0.25, 0.3) is 5.91 Å². The van der Waals surface area contributed by atoms with Crippen LogP contribution in [0.2, 0.25) is 0 Å². The lowest BCUT2D eigenvalue weighted by Crippen LogP contribution is -2.30. The van der Waals surface area contributed by atoms with Crippen LogP contribution in [0, 0.1) is 6.92 Å². The van der Waals surface area contributed by atoms with Crippen molar-refractivity contribution in [2.75, 3.05) is 13.2 Å². The van der Waals surface area contributed by atoms with E-state index in [2.05, 4.69) is 10.1 Å². The lowest BCUT2D eigenvalue weighted by Gasteiger charge is -2.20. The van der Waals surface area contributed by atoms with Crippen LogP contribution in [-0.4, -0.2) is 48.9 Å². The van der Waals surface area contributed by atoms with Crippen molar-refractivity contribution in [1.29, 1.82) is 0 Å². The first-order valence-electron chi connectivity index (χ1n) is 8.57. The number of benzene rings is 1. The Balaban J connectivity index is 1.60. The molecule has 0 spiro atoms. The van der Waals surface area contributed by atoms with E-state index in [1.807, 2.05) is 29.8 Å². The molecule has 26 heavy (non-hydrogen) atoms. The minimum absolute atomic E-state index is 0.0311. The van der Waals surface area contributed by atoms with Gasteiger partial charge in [-0.2, -0.15) is 5.10 Å². The predicted molar refractivity (Wildman–Crippen MR) is 98.0 cm³/mol. The number of aromatic nitrogens is 3. The van der Waals surface area contributed by atoms with Gasteiger partial charge in [0, 0.05) is 18.7 Å². The number of hydrogen-bond acceptors (Lipinski definition) is 6. The summed E-state index contributed by atoms with van der Waals surface area (Å²) in [6.07, 6.45) is -0.207. The zero-order valence-electron chi connectivity index (χ0n) is 14.4. The van der Waals surface area contributed by atoms with E-state index >= 15 is 0 Å². The van der Waals surface area contributed by atoms with Gasteiger partial charge in [-0.15, -0.1) is 11.3 Å². The number of aliphatic hydroxyl groups excluding tert-OH is 2. The Bertz CT molecular complexity index is 965. The van der Waals surface area contributed by atoms with Crippen LogP contribution in [0.5, 0.6) is 0 Å². The molecule has 1 aromatic carbocycles. The average molecular weight is 372 g/mol. The number of carbonyl (C=O) groups is 1. The first-order valence-corrected chi connectivity index (χ1v) is 9.39. The second-order valence-electron chi connectivity index (χ2n) is 6.48. The maximum absolute atomic E-state index is 13.0. The van der Waals surface area contributed by atoms with Gasteiger partial charge in [0.15, 0.2) is 0 Å². The molecular weight excluding hydrogens is 352 g/mol. The third-order valence-corrected chi connectivity index (χ3v) is 5.53. The van der Waals surface area contributed by atoms with Crippen molar-refractivity contribution in [3.8, 4) is 0 Å². The van der Waals surface area contributed by atoms with E-state index in [0.29, 0.717) is 30.9 Å². The fourth-order valence-electron chi connectivity index (χ4n) is 3.27. The van der Waals surface area contributed by atoms with Crippen molar-refractivity contribution in [2.45, 2.75) is 32.5 Å². The predicted octanol–water partition coefficient (Wildman–Crippen LogP) is 1.87. The highest BCUT2D eigenvalue weighted by molar-refractivity contribution is 7.18. The molecule has 8 heteroatoms. The first kappa shape index (κ1) is 17.1. The smallest absolute Gasteiger partial charge is 0.254 e. The van der Waals surface area contributed by atoms with Crippen LogP contribution >= 0.6 is 11.3 Å². The molecule has 2 aromatic heterocycles. The van der Waals surface area contributed by atoms with E-state index < -0.39 is 6.10 Å². The van der Waals surface area contributed by atoms with Gasteiger partial charge in [0.2, 0.25) is 0 Å². The average Bonchev–Trinajstić information content (AvgIpc) is 3.15. The standard InChI is InChI=1S/C18H20N4O3S/c1-11-19-15-7-12(3-4-17(15)26-11)18(25)21-5-2-6-22-13(9-21)8-14(20-22)16(24)10-23/h3-4,7-8,16,23-24H,2,5-6,9-10H2,1H3/t16-/m1/s1. The quantitative estimate of drug-likeness (QED) is 0.732. The third kappa shape index (κ3) is 3.11. The lowest BCUT2D eigenvalue weighted by molar-refractivity contribution is 0.0745. The molecule has 7 nitrogen and oxygen atoms in total. The van der Waals surface area contributed by atoms with Crippen LogP contribution < -0.4 is 0 Å². The summed E-state index contributed by atoms with van der Waals surface area (Å²) < 4.78 is 2.89. The number of thiazole rings is 1. The van der Waals surface area contributed by atoms with Crippen LogP contribution in [0.3, 0.4) is 0 Å². The summed E-state index contributed by atoms with van der Waals surface area (Å²) in [7, 11) is 0. The minimum Gasteiger partial charge on any atom is -0.393 e. The van der Waals surface area contributed by atoms with E-state index in [9.17, 15) is 9.90 Å². The second kappa shape index (κ2) is 6.79. The maximum Gasteiger partial charge on any atom is 0.254 e. The van der Waals surface area contributed by atoms with Crippen molar-refractivity contribution >= 4 is 27.5 Å². The van der Waals surface area contributed by atoms with Crippen LogP contribution in [-0.2, 0) is 13.1 Å². The SMILES string of the molecule is Cc1nc2cc(C(=O)N3CCCn4nc([C@H](O)CO)cc4C3)ccc2s1. The van der Waals surface area contributed by atoms with Crippen molar-refractivity contribution in [1.82, 2.24) is 19.7 Å². The minimum atomic E-state index is -0.992. The summed E-state index contributed by atoms with van der Waals surface area (Å²) in [5, 5.41) is 24.2. The zero-order valence-corrected chi connectivity index (χ0v) is 15.2. The number of fused-ring (bicyclic) bond motifs is 2.